The van der Waals surface area contributed by atoms with E-state index in [0.717, 1.165) is 12.8 Å². The maximum absolute atomic E-state index is 12.7. The van der Waals surface area contributed by atoms with Gasteiger partial charge >= 0.3 is 0 Å². The second-order valence-corrected chi connectivity index (χ2v) is 8.97. The van der Waals surface area contributed by atoms with Crippen LogP contribution < -0.4 is 5.32 Å². The lowest BCUT2D eigenvalue weighted by molar-refractivity contribution is -0.121. The van der Waals surface area contributed by atoms with Crippen LogP contribution in [0.1, 0.15) is 77.9 Å². The lowest BCUT2D eigenvalue weighted by Crippen LogP contribution is -2.41. The number of carbonyl (C=O) groups excluding carboxylic acids is 2. The highest BCUT2D eigenvalue weighted by Crippen LogP contribution is 2.22. The van der Waals surface area contributed by atoms with E-state index in [1.54, 1.807) is 0 Å². The fourth-order valence-electron chi connectivity index (χ4n) is 2.35. The average molecular weight is 370 g/mol. The maximum atomic E-state index is 12.7. The molecule has 0 aliphatic heterocycles. The van der Waals surface area contributed by atoms with Crippen molar-refractivity contribution in [3.8, 4) is 0 Å². The smallest absolute Gasteiger partial charge is 0.286 e. The molecule has 0 radical (unpaired) electrons. The Labute approximate surface area is 154 Å². The molecule has 0 aromatic carbocycles. The van der Waals surface area contributed by atoms with Crippen molar-refractivity contribution in [3.63, 3.8) is 0 Å². The van der Waals surface area contributed by atoms with E-state index in [-0.39, 0.29) is 28.7 Å². The summed E-state index contributed by atoms with van der Waals surface area (Å²) in [6.45, 7) is 12.3. The Morgan fingerprint density at radius 3 is 2.32 bits per heavy atom. The van der Waals surface area contributed by atoms with Crippen LogP contribution in [0.3, 0.4) is 0 Å². The van der Waals surface area contributed by atoms with Gasteiger partial charge in [-0.1, -0.05) is 59.7 Å². The summed E-state index contributed by atoms with van der Waals surface area (Å²) in [6, 6.07) is -0.621. The molecule has 1 aromatic heterocycles. The monoisotopic (exact) mass is 369 g/mol. The van der Waals surface area contributed by atoms with Crippen molar-refractivity contribution < 1.29 is 14.0 Å². The average Bonchev–Trinajstić information content (AvgIpc) is 2.92. The first kappa shape index (κ1) is 21.7. The van der Waals surface area contributed by atoms with Gasteiger partial charge in [0.25, 0.3) is 11.1 Å². The van der Waals surface area contributed by atoms with Gasteiger partial charge in [-0.3, -0.25) is 9.59 Å². The van der Waals surface area contributed by atoms with Crippen molar-refractivity contribution in [2.75, 3.05) is 0 Å². The number of ketones is 1. The van der Waals surface area contributed by atoms with Crippen molar-refractivity contribution in [1.82, 2.24) is 15.5 Å². The molecule has 0 fully saturated rings. The van der Waals surface area contributed by atoms with Crippen LogP contribution >= 0.6 is 11.8 Å². The van der Waals surface area contributed by atoms with Gasteiger partial charge in [-0.05, 0) is 24.7 Å². The van der Waals surface area contributed by atoms with E-state index in [0.29, 0.717) is 24.0 Å². The molecular formula is C18H31N3O3S. The lowest BCUT2D eigenvalue weighted by atomic mass is 9.99. The Morgan fingerprint density at radius 1 is 1.08 bits per heavy atom. The number of hydrogen-bond acceptors (Lipinski definition) is 6. The number of nitrogens with one attached hydrogen (secondary N) is 1. The second kappa shape index (κ2) is 10.6. The van der Waals surface area contributed by atoms with Crippen LogP contribution in [-0.2, 0) is 4.79 Å². The zero-order chi connectivity index (χ0) is 19.0. The van der Waals surface area contributed by atoms with E-state index in [1.807, 2.05) is 27.7 Å². The highest BCUT2D eigenvalue weighted by atomic mass is 32.2. The van der Waals surface area contributed by atoms with E-state index in [2.05, 4.69) is 29.4 Å². The van der Waals surface area contributed by atoms with Gasteiger partial charge in [0, 0.05) is 11.7 Å². The van der Waals surface area contributed by atoms with Gasteiger partial charge in [0.2, 0.25) is 11.7 Å². The van der Waals surface area contributed by atoms with Gasteiger partial charge in [-0.2, -0.15) is 0 Å². The van der Waals surface area contributed by atoms with Crippen molar-refractivity contribution in [2.45, 2.75) is 83.7 Å². The maximum Gasteiger partial charge on any atom is 0.286 e. The Kier molecular flexibility index (Phi) is 9.17. The van der Waals surface area contributed by atoms with E-state index in [1.165, 1.54) is 11.8 Å². The molecule has 0 spiro atoms. The SMILES string of the molecule is CC(C)CCCC(=O)N[C@@H](CC(C)C)C(=O)c1nnc(SC(C)C)o1. The topological polar surface area (TPSA) is 85.1 Å². The van der Waals surface area contributed by atoms with Crippen LogP contribution in [0.25, 0.3) is 0 Å². The van der Waals surface area contributed by atoms with Gasteiger partial charge in [-0.25, -0.2) is 0 Å². The van der Waals surface area contributed by atoms with E-state index < -0.39 is 6.04 Å². The summed E-state index contributed by atoms with van der Waals surface area (Å²) in [5.74, 6) is 0.384. The Hall–Kier alpha value is -1.37. The van der Waals surface area contributed by atoms with Gasteiger partial charge in [0.1, 0.15) is 0 Å². The first-order chi connectivity index (χ1) is 11.7. The van der Waals surface area contributed by atoms with Gasteiger partial charge in [0.15, 0.2) is 0 Å². The molecule has 1 rings (SSSR count). The number of hydrogen-bond donors (Lipinski definition) is 1. The van der Waals surface area contributed by atoms with Crippen LogP contribution in [0.2, 0.25) is 0 Å². The summed E-state index contributed by atoms with van der Waals surface area (Å²) in [5.41, 5.74) is 0. The second-order valence-electron chi connectivity index (χ2n) is 7.44. The number of rotatable bonds is 11. The number of amides is 1. The van der Waals surface area contributed by atoms with Crippen LogP contribution in [0.4, 0.5) is 0 Å². The predicted octanol–water partition coefficient (Wildman–Crippen LogP) is 4.11. The third-order valence-electron chi connectivity index (χ3n) is 3.50. The molecule has 25 heavy (non-hydrogen) atoms. The standard InChI is InChI=1S/C18H31N3O3S/c1-11(2)8-7-9-15(22)19-14(10-12(3)4)16(23)17-20-21-18(24-17)25-13(5)6/h11-14H,7-10H2,1-6H3,(H,19,22)/t14-/m0/s1. The molecule has 142 valence electrons. The Morgan fingerprint density at radius 2 is 1.76 bits per heavy atom. The summed E-state index contributed by atoms with van der Waals surface area (Å²) in [7, 11) is 0. The third-order valence-corrected chi connectivity index (χ3v) is 4.34. The minimum Gasteiger partial charge on any atom is -0.408 e. The minimum absolute atomic E-state index is 0.0312. The fraction of sp³-hybridized carbons (Fsp3) is 0.778. The number of thioether (sulfide) groups is 1. The molecule has 7 heteroatoms. The molecule has 0 aliphatic rings. The molecular weight excluding hydrogens is 338 g/mol. The number of carbonyl (C=O) groups is 2. The number of Topliss-reactive ketones (excluding diaryl/α,β-unsaturated/α-hetero) is 1. The zero-order valence-electron chi connectivity index (χ0n) is 16.2. The molecule has 1 N–H and O–H groups in total. The van der Waals surface area contributed by atoms with E-state index in [9.17, 15) is 9.59 Å². The fourth-order valence-corrected chi connectivity index (χ4v) is 2.97. The highest BCUT2D eigenvalue weighted by Gasteiger charge is 2.27. The molecule has 0 saturated heterocycles. The first-order valence-corrected chi connectivity index (χ1v) is 9.90. The largest absolute Gasteiger partial charge is 0.408 e. The van der Waals surface area contributed by atoms with Crippen LogP contribution in [0.5, 0.6) is 0 Å². The summed E-state index contributed by atoms with van der Waals surface area (Å²) in [5, 5.41) is 11.3. The first-order valence-electron chi connectivity index (χ1n) is 9.02. The third kappa shape index (κ3) is 8.52. The highest BCUT2D eigenvalue weighted by molar-refractivity contribution is 7.99. The van der Waals surface area contributed by atoms with Crippen LogP contribution in [-0.4, -0.2) is 33.2 Å². The molecule has 1 aromatic rings. The molecule has 6 nitrogen and oxygen atoms in total. The van der Waals surface area contributed by atoms with Crippen molar-refractivity contribution in [2.24, 2.45) is 11.8 Å². The summed E-state index contributed by atoms with van der Waals surface area (Å²) in [6.07, 6.45) is 2.79. The normalized spacial score (nSPS) is 12.8. The van der Waals surface area contributed by atoms with Crippen molar-refractivity contribution >= 4 is 23.5 Å². The predicted molar refractivity (Wildman–Crippen MR) is 99.7 cm³/mol. The van der Waals surface area contributed by atoms with Crippen molar-refractivity contribution in [1.29, 1.82) is 0 Å². The molecule has 0 saturated carbocycles. The van der Waals surface area contributed by atoms with E-state index >= 15 is 0 Å². The van der Waals surface area contributed by atoms with Gasteiger partial charge in [-0.15, -0.1) is 10.2 Å². The molecule has 0 unspecified atom stereocenters. The Balaban J connectivity index is 2.71. The van der Waals surface area contributed by atoms with Crippen molar-refractivity contribution in [3.05, 3.63) is 5.89 Å². The molecule has 0 aliphatic carbocycles. The summed E-state index contributed by atoms with van der Waals surface area (Å²) >= 11 is 1.41. The van der Waals surface area contributed by atoms with Crippen LogP contribution in [0, 0.1) is 11.8 Å². The summed E-state index contributed by atoms with van der Waals surface area (Å²) < 4.78 is 5.45. The quantitative estimate of drug-likeness (QED) is 0.467. The lowest BCUT2D eigenvalue weighted by Gasteiger charge is -2.18. The molecule has 1 atom stereocenters. The summed E-state index contributed by atoms with van der Waals surface area (Å²) in [4.78, 5) is 24.8. The Bertz CT molecular complexity index is 556. The zero-order valence-corrected chi connectivity index (χ0v) is 17.0. The minimum atomic E-state index is -0.621. The molecule has 0 bridgehead atoms. The molecule has 1 amide bonds. The number of nitrogens with zero attached hydrogens (tertiary/aromatic N) is 2. The van der Waals surface area contributed by atoms with Crippen LogP contribution in [0.15, 0.2) is 9.64 Å². The van der Waals surface area contributed by atoms with Gasteiger partial charge in [0.05, 0.1) is 6.04 Å². The number of aromatic nitrogens is 2. The van der Waals surface area contributed by atoms with Gasteiger partial charge < -0.3 is 9.73 Å². The van der Waals surface area contributed by atoms with E-state index in [4.69, 9.17) is 4.42 Å². The molecule has 1 heterocycles.